The highest BCUT2D eigenvalue weighted by atomic mass is 19.1. The normalized spacial score (nSPS) is 21.3. The molecule has 2 aromatic heterocycles. The van der Waals surface area contributed by atoms with E-state index in [1.807, 2.05) is 0 Å². The number of hydrogen-bond donors (Lipinski definition) is 1. The fraction of sp³-hybridized carbons (Fsp3) is 0.400. The van der Waals surface area contributed by atoms with E-state index >= 15 is 0 Å². The number of nitrogens with zero attached hydrogens (tertiary/aromatic N) is 4. The van der Waals surface area contributed by atoms with Crippen LogP contribution in [-0.4, -0.2) is 78.1 Å². The highest BCUT2D eigenvalue weighted by Crippen LogP contribution is 2.39. The molecule has 0 saturated carbocycles. The first-order chi connectivity index (χ1) is 20.2. The molecule has 4 aromatic rings. The molecule has 3 atom stereocenters. The Kier molecular flexibility index (Phi) is 7.17. The summed E-state index contributed by atoms with van der Waals surface area (Å²) in [6.45, 7) is 3.83. The van der Waals surface area contributed by atoms with Crippen LogP contribution in [0.5, 0.6) is 11.8 Å². The first-order valence-electron chi connectivity index (χ1n) is 13.7. The van der Waals surface area contributed by atoms with Crippen LogP contribution in [0, 0.1) is 12.7 Å². The van der Waals surface area contributed by atoms with E-state index in [0.29, 0.717) is 30.1 Å². The van der Waals surface area contributed by atoms with Crippen molar-refractivity contribution in [2.24, 2.45) is 0 Å². The lowest BCUT2D eigenvalue weighted by molar-refractivity contribution is -0.139. The van der Waals surface area contributed by atoms with Gasteiger partial charge in [-0.2, -0.15) is 9.97 Å². The summed E-state index contributed by atoms with van der Waals surface area (Å²) >= 11 is 0. The van der Waals surface area contributed by atoms with Crippen molar-refractivity contribution < 1.29 is 32.6 Å². The second-order valence-electron chi connectivity index (χ2n) is 10.7. The van der Waals surface area contributed by atoms with Crippen LogP contribution in [0.2, 0.25) is 0 Å². The molecule has 3 saturated heterocycles. The van der Waals surface area contributed by atoms with Gasteiger partial charge in [-0.3, -0.25) is 4.90 Å². The Balaban J connectivity index is 0.000000296. The smallest absolute Gasteiger partial charge is 0.349 e. The average molecular weight is 581 g/mol. The van der Waals surface area contributed by atoms with Gasteiger partial charge < -0.3 is 23.9 Å². The highest BCUT2D eigenvalue weighted by Gasteiger charge is 2.44. The molecule has 10 nitrogen and oxygen atoms in total. The highest BCUT2D eigenvalue weighted by molar-refractivity contribution is 6.01. The molecule has 0 spiro atoms. The number of phenols is 1. The molecule has 12 heteroatoms. The molecule has 1 N–H and O–H groups in total. The van der Waals surface area contributed by atoms with Crippen molar-refractivity contribution in [2.75, 3.05) is 38.8 Å². The van der Waals surface area contributed by atoms with Crippen molar-refractivity contribution in [3.05, 3.63) is 52.1 Å². The number of carbonyl (C=O) groups excluding carboxylic acids is 1. The van der Waals surface area contributed by atoms with Crippen molar-refractivity contribution in [1.29, 1.82) is 0 Å². The van der Waals surface area contributed by atoms with E-state index in [0.717, 1.165) is 13.0 Å². The Labute approximate surface area is 239 Å². The number of halogens is 2. The number of methoxy groups -OCH3 is 2. The van der Waals surface area contributed by atoms with E-state index in [4.69, 9.17) is 13.9 Å². The van der Waals surface area contributed by atoms with Crippen LogP contribution in [0.1, 0.15) is 24.8 Å². The van der Waals surface area contributed by atoms with Gasteiger partial charge in [0.05, 0.1) is 26.3 Å². The zero-order chi connectivity index (χ0) is 29.7. The van der Waals surface area contributed by atoms with Crippen LogP contribution in [0.15, 0.2) is 39.5 Å². The van der Waals surface area contributed by atoms with Gasteiger partial charge in [-0.05, 0) is 56.3 Å². The maximum absolute atomic E-state index is 14.8. The lowest BCUT2D eigenvalue weighted by Gasteiger charge is -2.14. The van der Waals surface area contributed by atoms with Crippen molar-refractivity contribution in [2.45, 2.75) is 44.4 Å². The number of alkyl halides is 1. The summed E-state index contributed by atoms with van der Waals surface area (Å²) in [5, 5.41) is 10.9. The summed E-state index contributed by atoms with van der Waals surface area (Å²) in [5.41, 5.74) is 0.0779. The number of hydrogen-bond acceptors (Lipinski definition) is 10. The molecule has 220 valence electrons. The molecule has 2 aromatic carbocycles. The number of rotatable bonds is 4. The van der Waals surface area contributed by atoms with E-state index in [1.54, 1.807) is 17.9 Å². The van der Waals surface area contributed by atoms with E-state index in [9.17, 15) is 23.5 Å². The minimum atomic E-state index is -0.772. The van der Waals surface area contributed by atoms with Crippen LogP contribution in [0.3, 0.4) is 0 Å². The number of aromatic hydroxyl groups is 1. The SMILES string of the molecule is COC(=O)C1CN1c1nc(OC)nc2c(C)c(-c3cc(O)cc4cccc(F)c34)oc(=O)c12.FC1CC2CCCN2C1. The van der Waals surface area contributed by atoms with E-state index < -0.39 is 29.6 Å². The second kappa shape index (κ2) is 10.8. The maximum Gasteiger partial charge on any atom is 0.349 e. The van der Waals surface area contributed by atoms with E-state index in [-0.39, 0.29) is 45.2 Å². The molecule has 42 heavy (non-hydrogen) atoms. The largest absolute Gasteiger partial charge is 0.508 e. The standard InChI is InChI=1S/C23H18FN3O6.C7H12FN/c1-10-18-17(20(26-23(25-18)32-3)27-9-15(27)21(29)31-2)22(30)33-19(10)13-8-12(28)7-11-5-4-6-14(24)16(11)13;8-6-4-7-2-1-3-9(7)5-6/h4-8,15,28H,9H2,1-3H3;6-7H,1-5H2. The van der Waals surface area contributed by atoms with Crippen molar-refractivity contribution in [1.82, 2.24) is 14.9 Å². The number of phenolic OH excluding ortho intramolecular Hbond substituents is 1. The predicted octanol–water partition coefficient (Wildman–Crippen LogP) is 4.12. The topological polar surface area (TPSA) is 118 Å². The monoisotopic (exact) mass is 580 g/mol. The second-order valence-corrected chi connectivity index (χ2v) is 10.7. The van der Waals surface area contributed by atoms with Crippen LogP contribution < -0.4 is 15.3 Å². The molecule has 0 aliphatic carbocycles. The zero-order valence-electron chi connectivity index (χ0n) is 23.4. The van der Waals surface area contributed by atoms with Gasteiger partial charge in [-0.1, -0.05) is 12.1 Å². The van der Waals surface area contributed by atoms with Gasteiger partial charge in [-0.15, -0.1) is 0 Å². The number of benzene rings is 2. The number of esters is 1. The number of aromatic nitrogens is 2. The van der Waals surface area contributed by atoms with E-state index in [1.165, 1.54) is 51.3 Å². The van der Waals surface area contributed by atoms with Gasteiger partial charge in [0.25, 0.3) is 0 Å². The van der Waals surface area contributed by atoms with Crippen molar-refractivity contribution in [3.8, 4) is 23.1 Å². The number of fused-ring (bicyclic) bond motifs is 3. The molecule has 7 rings (SSSR count). The number of carbonyl (C=O) groups is 1. The minimum Gasteiger partial charge on any atom is -0.508 e. The van der Waals surface area contributed by atoms with Crippen molar-refractivity contribution in [3.63, 3.8) is 0 Å². The van der Waals surface area contributed by atoms with Crippen LogP contribution >= 0.6 is 0 Å². The average Bonchev–Trinajstić information content (AvgIpc) is 3.53. The minimum absolute atomic E-state index is 0.0142. The van der Waals surface area contributed by atoms with Gasteiger partial charge in [0.2, 0.25) is 0 Å². The fourth-order valence-corrected chi connectivity index (χ4v) is 6.06. The molecule has 5 heterocycles. The Hall–Kier alpha value is -4.32. The van der Waals surface area contributed by atoms with Gasteiger partial charge in [0.1, 0.15) is 34.9 Å². The lowest BCUT2D eigenvalue weighted by Crippen LogP contribution is -2.22. The molecular formula is C30H30F2N4O6. The van der Waals surface area contributed by atoms with Gasteiger partial charge in [0, 0.05) is 29.1 Å². The molecule has 3 fully saturated rings. The predicted molar refractivity (Wildman–Crippen MR) is 151 cm³/mol. The van der Waals surface area contributed by atoms with Crippen LogP contribution in [-0.2, 0) is 9.53 Å². The third kappa shape index (κ3) is 4.89. The maximum atomic E-state index is 14.8. The third-order valence-electron chi connectivity index (χ3n) is 8.12. The summed E-state index contributed by atoms with van der Waals surface area (Å²) in [6.07, 6.45) is 2.81. The number of anilines is 1. The first kappa shape index (κ1) is 27.8. The quantitative estimate of drug-likeness (QED) is 0.279. The summed E-state index contributed by atoms with van der Waals surface area (Å²) in [6, 6.07) is 7.23. The summed E-state index contributed by atoms with van der Waals surface area (Å²) in [7, 11) is 2.66. The molecule has 3 unspecified atom stereocenters. The Morgan fingerprint density at radius 1 is 1.17 bits per heavy atom. The lowest BCUT2D eigenvalue weighted by atomic mass is 9.98. The Bertz CT molecular complexity index is 1750. The van der Waals surface area contributed by atoms with Gasteiger partial charge >= 0.3 is 17.6 Å². The molecule has 0 bridgehead atoms. The van der Waals surface area contributed by atoms with E-state index in [2.05, 4.69) is 14.9 Å². The molecule has 0 amide bonds. The Morgan fingerprint density at radius 3 is 2.71 bits per heavy atom. The fourth-order valence-electron chi connectivity index (χ4n) is 6.06. The molecule has 3 aliphatic heterocycles. The van der Waals surface area contributed by atoms with Crippen LogP contribution in [0.25, 0.3) is 33.0 Å². The molecule has 3 aliphatic rings. The molecular weight excluding hydrogens is 550 g/mol. The van der Waals surface area contributed by atoms with Crippen LogP contribution in [0.4, 0.5) is 14.6 Å². The zero-order valence-corrected chi connectivity index (χ0v) is 23.4. The van der Waals surface area contributed by atoms with Gasteiger partial charge in [0.15, 0.2) is 5.82 Å². The third-order valence-corrected chi connectivity index (χ3v) is 8.12. The summed E-state index contributed by atoms with van der Waals surface area (Å²) < 4.78 is 43.0. The number of ether oxygens (including phenoxy) is 2. The first-order valence-corrected chi connectivity index (χ1v) is 13.7. The van der Waals surface area contributed by atoms with Gasteiger partial charge in [-0.25, -0.2) is 18.4 Å². The Morgan fingerprint density at radius 2 is 1.98 bits per heavy atom. The van der Waals surface area contributed by atoms with Crippen molar-refractivity contribution >= 4 is 33.5 Å². The number of aryl methyl sites for hydroxylation is 1. The summed E-state index contributed by atoms with van der Waals surface area (Å²) in [5.74, 6) is -0.866. The summed E-state index contributed by atoms with van der Waals surface area (Å²) in [4.78, 5) is 37.5. The molecule has 0 radical (unpaired) electrons.